The highest BCUT2D eigenvalue weighted by molar-refractivity contribution is 6.14. The second-order valence-electron chi connectivity index (χ2n) is 11.3. The van der Waals surface area contributed by atoms with Crippen molar-refractivity contribution in [2.24, 2.45) is 0 Å². The third kappa shape index (κ3) is 5.91. The zero-order valence-electron chi connectivity index (χ0n) is 23.3. The van der Waals surface area contributed by atoms with Gasteiger partial charge in [-0.2, -0.15) is 0 Å². The van der Waals surface area contributed by atoms with Crippen LogP contribution in [0, 0.1) is 0 Å². The average molecular weight is 517 g/mol. The predicted molar refractivity (Wildman–Crippen MR) is 167 cm³/mol. The molecule has 6 aromatic rings. The molecule has 0 aliphatic rings. The molecular weight excluding hydrogens is 476 g/mol. The molecule has 0 fully saturated rings. The van der Waals surface area contributed by atoms with E-state index in [4.69, 9.17) is 8.83 Å². The van der Waals surface area contributed by atoms with E-state index in [0.717, 1.165) is 40.1 Å². The molecule has 200 valence electrons. The molecule has 2 nitrogen and oxygen atoms in total. The highest BCUT2D eigenvalue weighted by Crippen LogP contribution is 2.36. The molecule has 0 aliphatic carbocycles. The lowest BCUT2D eigenvalue weighted by Gasteiger charge is -2.04. The quantitative estimate of drug-likeness (QED) is 0.113. The summed E-state index contributed by atoms with van der Waals surface area (Å²) in [5, 5.41) is 7.29. The molecule has 4 aromatic carbocycles. The minimum absolute atomic E-state index is 0.912. The molecule has 2 aromatic heterocycles. The van der Waals surface area contributed by atoms with Gasteiger partial charge in [0, 0.05) is 22.8 Å². The van der Waals surface area contributed by atoms with Gasteiger partial charge in [0.15, 0.2) is 0 Å². The molecule has 0 bridgehead atoms. The maximum Gasteiger partial charge on any atom is 0.135 e. The van der Waals surface area contributed by atoms with Crippen LogP contribution in [0.1, 0.15) is 83.3 Å². The maximum absolute atomic E-state index is 6.29. The third-order valence-corrected chi connectivity index (χ3v) is 8.25. The van der Waals surface area contributed by atoms with Crippen molar-refractivity contribution in [1.29, 1.82) is 0 Å². The van der Waals surface area contributed by atoms with Gasteiger partial charge in [0.2, 0.25) is 0 Å². The van der Waals surface area contributed by atoms with Crippen LogP contribution < -0.4 is 0 Å². The summed E-state index contributed by atoms with van der Waals surface area (Å²) in [6.07, 6.45) is 16.1. The molecule has 6 rings (SSSR count). The van der Waals surface area contributed by atoms with Gasteiger partial charge >= 0.3 is 0 Å². The van der Waals surface area contributed by atoms with Crippen molar-refractivity contribution >= 4 is 43.5 Å². The molecule has 0 spiro atoms. The highest BCUT2D eigenvalue weighted by atomic mass is 16.3. The van der Waals surface area contributed by atoms with Gasteiger partial charge in [-0.25, -0.2) is 0 Å². The molecule has 39 heavy (non-hydrogen) atoms. The number of benzene rings is 4. The predicted octanol–water partition coefficient (Wildman–Crippen LogP) is 12.0. The Labute approximate surface area is 232 Å². The van der Waals surface area contributed by atoms with E-state index in [-0.39, 0.29) is 0 Å². The van der Waals surface area contributed by atoms with E-state index in [2.05, 4.69) is 67.6 Å². The van der Waals surface area contributed by atoms with Crippen molar-refractivity contribution in [3.8, 4) is 11.3 Å². The van der Waals surface area contributed by atoms with Crippen molar-refractivity contribution < 1.29 is 8.83 Å². The normalized spacial score (nSPS) is 11.9. The summed E-state index contributed by atoms with van der Waals surface area (Å²) in [5.74, 6) is 2.03. The van der Waals surface area contributed by atoms with E-state index in [9.17, 15) is 0 Å². The van der Waals surface area contributed by atoms with Crippen molar-refractivity contribution in [1.82, 2.24) is 0 Å². The molecular formula is C37H40O2. The number of unbranched alkanes of at least 4 members (excludes halogenated alkanes) is 10. The maximum atomic E-state index is 6.29. The summed E-state index contributed by atoms with van der Waals surface area (Å²) in [4.78, 5) is 0. The molecule has 0 radical (unpaired) electrons. The van der Waals surface area contributed by atoms with Crippen LogP contribution in [-0.4, -0.2) is 0 Å². The molecule has 0 atom stereocenters. The Bertz CT molecular complexity index is 1670. The standard InChI is InChI=1S/C37H40O2/c1-2-3-4-5-6-7-8-9-10-11-15-18-32-21-30-22-33-28(24-36(30)38-32)19-20-29-25-37-31(23-34(29)33)26-35(39-37)27-16-13-12-14-17-27/h12-14,16-17,19-26H,2-11,15,18H2,1H3. The molecule has 2 heterocycles. The molecule has 0 saturated heterocycles. The van der Waals surface area contributed by atoms with Crippen LogP contribution in [0.2, 0.25) is 0 Å². The van der Waals surface area contributed by atoms with Gasteiger partial charge < -0.3 is 8.83 Å². The van der Waals surface area contributed by atoms with Gasteiger partial charge in [-0.15, -0.1) is 0 Å². The number of hydrogen-bond donors (Lipinski definition) is 0. The van der Waals surface area contributed by atoms with Crippen molar-refractivity contribution in [3.05, 3.63) is 84.6 Å². The van der Waals surface area contributed by atoms with Gasteiger partial charge in [-0.3, -0.25) is 0 Å². The molecule has 0 amide bonds. The summed E-state index contributed by atoms with van der Waals surface area (Å²) < 4.78 is 12.5. The Balaban J connectivity index is 1.13. The van der Waals surface area contributed by atoms with Crippen LogP contribution in [-0.2, 0) is 6.42 Å². The van der Waals surface area contributed by atoms with E-state index in [1.54, 1.807) is 0 Å². The van der Waals surface area contributed by atoms with Crippen molar-refractivity contribution in [3.63, 3.8) is 0 Å². The Morgan fingerprint density at radius 3 is 1.69 bits per heavy atom. The molecule has 0 saturated carbocycles. The lowest BCUT2D eigenvalue weighted by atomic mass is 9.99. The van der Waals surface area contributed by atoms with Gasteiger partial charge in [-0.05, 0) is 64.4 Å². The zero-order valence-corrected chi connectivity index (χ0v) is 23.3. The van der Waals surface area contributed by atoms with Crippen LogP contribution in [0.25, 0.3) is 54.8 Å². The Kier molecular flexibility index (Phi) is 8.00. The molecule has 2 heteroatoms. The van der Waals surface area contributed by atoms with Crippen LogP contribution in [0.4, 0.5) is 0 Å². The lowest BCUT2D eigenvalue weighted by Crippen LogP contribution is -1.84. The first-order valence-electron chi connectivity index (χ1n) is 15.2. The summed E-state index contributed by atoms with van der Waals surface area (Å²) in [6.45, 7) is 2.29. The summed E-state index contributed by atoms with van der Waals surface area (Å²) in [5.41, 5.74) is 3.03. The monoisotopic (exact) mass is 516 g/mol. The fourth-order valence-electron chi connectivity index (χ4n) is 6.01. The topological polar surface area (TPSA) is 26.3 Å². The van der Waals surface area contributed by atoms with Crippen LogP contribution in [0.3, 0.4) is 0 Å². The van der Waals surface area contributed by atoms with Gasteiger partial charge in [0.1, 0.15) is 22.7 Å². The van der Waals surface area contributed by atoms with Gasteiger partial charge in [0.05, 0.1) is 0 Å². The van der Waals surface area contributed by atoms with E-state index in [1.165, 1.54) is 97.6 Å². The second-order valence-corrected chi connectivity index (χ2v) is 11.3. The number of hydrogen-bond acceptors (Lipinski definition) is 2. The van der Waals surface area contributed by atoms with Crippen LogP contribution in [0.5, 0.6) is 0 Å². The van der Waals surface area contributed by atoms with E-state index < -0.39 is 0 Å². The summed E-state index contributed by atoms with van der Waals surface area (Å²) in [6, 6.07) is 28.1. The first kappa shape index (κ1) is 25.7. The third-order valence-electron chi connectivity index (χ3n) is 8.25. The van der Waals surface area contributed by atoms with Gasteiger partial charge in [-0.1, -0.05) is 114 Å². The average Bonchev–Trinajstić information content (AvgIpc) is 3.57. The van der Waals surface area contributed by atoms with Crippen LogP contribution >= 0.6 is 0 Å². The summed E-state index contributed by atoms with van der Waals surface area (Å²) >= 11 is 0. The molecule has 0 aliphatic heterocycles. The zero-order chi connectivity index (χ0) is 26.4. The van der Waals surface area contributed by atoms with E-state index in [1.807, 2.05) is 18.2 Å². The Morgan fingerprint density at radius 1 is 0.487 bits per heavy atom. The first-order valence-corrected chi connectivity index (χ1v) is 15.2. The van der Waals surface area contributed by atoms with E-state index >= 15 is 0 Å². The fourth-order valence-corrected chi connectivity index (χ4v) is 6.01. The van der Waals surface area contributed by atoms with E-state index in [0.29, 0.717) is 0 Å². The minimum atomic E-state index is 0.912. The minimum Gasteiger partial charge on any atom is -0.461 e. The number of fused-ring (bicyclic) bond motifs is 5. The molecule has 0 unspecified atom stereocenters. The Hall–Kier alpha value is -3.52. The smallest absolute Gasteiger partial charge is 0.135 e. The fraction of sp³-hybridized carbons (Fsp3) is 0.351. The van der Waals surface area contributed by atoms with Crippen molar-refractivity contribution in [2.45, 2.75) is 84.0 Å². The second kappa shape index (κ2) is 12.1. The summed E-state index contributed by atoms with van der Waals surface area (Å²) in [7, 11) is 0. The SMILES string of the molecule is CCCCCCCCCCCCCc1cc2cc3c(ccc4cc5oc(-c6ccccc6)cc5cc43)cc2o1. The van der Waals surface area contributed by atoms with Crippen molar-refractivity contribution in [2.75, 3.05) is 0 Å². The highest BCUT2D eigenvalue weighted by Gasteiger charge is 2.11. The number of aryl methyl sites for hydroxylation is 1. The van der Waals surface area contributed by atoms with Gasteiger partial charge in [0.25, 0.3) is 0 Å². The largest absolute Gasteiger partial charge is 0.461 e. The lowest BCUT2D eigenvalue weighted by molar-refractivity contribution is 0.515. The number of furan rings is 2. The first-order chi connectivity index (χ1) is 19.3. The van der Waals surface area contributed by atoms with Crippen LogP contribution in [0.15, 0.2) is 87.7 Å². The Morgan fingerprint density at radius 2 is 1.05 bits per heavy atom. The number of rotatable bonds is 13. The molecule has 0 N–H and O–H groups in total.